The van der Waals surface area contributed by atoms with E-state index in [1.54, 1.807) is 36.2 Å². The molecule has 0 aliphatic heterocycles. The van der Waals surface area contributed by atoms with Crippen LogP contribution in [0.5, 0.6) is 5.75 Å². The van der Waals surface area contributed by atoms with Crippen LogP contribution in [0.3, 0.4) is 0 Å². The normalized spacial score (nSPS) is 22.4. The molecule has 0 bridgehead atoms. The van der Waals surface area contributed by atoms with Gasteiger partial charge in [0.15, 0.2) is 6.61 Å². The molecule has 20 heavy (non-hydrogen) atoms. The van der Waals surface area contributed by atoms with Crippen molar-refractivity contribution in [1.82, 2.24) is 4.90 Å². The second-order valence-electron chi connectivity index (χ2n) is 5.12. The first kappa shape index (κ1) is 15.5. The Morgan fingerprint density at radius 3 is 2.60 bits per heavy atom. The number of halogens is 2. The summed E-state index contributed by atoms with van der Waals surface area (Å²) in [6.45, 7) is 0.0260. The largest absolute Gasteiger partial charge is 0.484 e. The van der Waals surface area contributed by atoms with Crippen molar-refractivity contribution in [2.75, 3.05) is 13.7 Å². The molecular formula is C15H19Cl2NO2. The average Bonchev–Trinajstić information content (AvgIpc) is 2.46. The van der Waals surface area contributed by atoms with Crippen LogP contribution in [-0.2, 0) is 4.79 Å². The second-order valence-corrected chi connectivity index (χ2v) is 6.11. The number of carbonyl (C=O) groups excluding carboxylic acids is 1. The highest BCUT2D eigenvalue weighted by molar-refractivity contribution is 6.30. The Kier molecular flexibility index (Phi) is 5.55. The Hall–Kier alpha value is -0.930. The Labute approximate surface area is 129 Å². The Morgan fingerprint density at radius 1 is 1.30 bits per heavy atom. The maximum atomic E-state index is 12.1. The molecule has 3 nitrogen and oxygen atoms in total. The summed E-state index contributed by atoms with van der Waals surface area (Å²) in [5.74, 6) is 0.597. The van der Waals surface area contributed by atoms with Gasteiger partial charge in [-0.2, -0.15) is 0 Å². The summed E-state index contributed by atoms with van der Waals surface area (Å²) in [4.78, 5) is 13.9. The van der Waals surface area contributed by atoms with Crippen molar-refractivity contribution in [3.05, 3.63) is 29.3 Å². The van der Waals surface area contributed by atoms with Gasteiger partial charge < -0.3 is 9.64 Å². The zero-order chi connectivity index (χ0) is 14.5. The lowest BCUT2D eigenvalue weighted by molar-refractivity contribution is -0.134. The number of nitrogens with zero attached hydrogens (tertiary/aromatic N) is 1. The van der Waals surface area contributed by atoms with E-state index in [1.807, 2.05) is 0 Å². The first-order valence-electron chi connectivity index (χ1n) is 6.86. The molecule has 1 aromatic rings. The molecule has 1 aliphatic rings. The third kappa shape index (κ3) is 4.03. The van der Waals surface area contributed by atoms with Crippen molar-refractivity contribution in [1.29, 1.82) is 0 Å². The first-order valence-corrected chi connectivity index (χ1v) is 7.67. The van der Waals surface area contributed by atoms with Gasteiger partial charge in [-0.05, 0) is 37.1 Å². The number of benzene rings is 1. The standard InChI is InChI=1S/C15H19Cl2NO2/c1-18(14-5-3-2-4-13(14)17)15(19)10-20-12-8-6-11(16)7-9-12/h6-9,13-14H,2-5,10H2,1H3. The Balaban J connectivity index is 1.86. The number of ether oxygens (including phenoxy) is 1. The second kappa shape index (κ2) is 7.19. The molecule has 1 fully saturated rings. The van der Waals surface area contributed by atoms with E-state index >= 15 is 0 Å². The molecule has 2 unspecified atom stereocenters. The van der Waals surface area contributed by atoms with E-state index in [0.29, 0.717) is 10.8 Å². The van der Waals surface area contributed by atoms with Gasteiger partial charge in [0.1, 0.15) is 5.75 Å². The van der Waals surface area contributed by atoms with Gasteiger partial charge in [0, 0.05) is 18.1 Å². The van der Waals surface area contributed by atoms with Crippen LogP contribution in [0.15, 0.2) is 24.3 Å². The minimum Gasteiger partial charge on any atom is -0.484 e. The molecule has 0 radical (unpaired) electrons. The quantitative estimate of drug-likeness (QED) is 0.792. The van der Waals surface area contributed by atoms with Gasteiger partial charge in [0.2, 0.25) is 0 Å². The fourth-order valence-corrected chi connectivity index (χ4v) is 3.04. The van der Waals surface area contributed by atoms with Crippen LogP contribution in [0, 0.1) is 0 Å². The van der Waals surface area contributed by atoms with Crippen LogP contribution in [-0.4, -0.2) is 35.9 Å². The molecule has 0 N–H and O–H groups in total. The zero-order valence-electron chi connectivity index (χ0n) is 11.5. The van der Waals surface area contributed by atoms with Crippen molar-refractivity contribution < 1.29 is 9.53 Å². The van der Waals surface area contributed by atoms with Gasteiger partial charge in [-0.3, -0.25) is 4.79 Å². The summed E-state index contributed by atoms with van der Waals surface area (Å²) in [5.41, 5.74) is 0. The van der Waals surface area contributed by atoms with Crippen LogP contribution < -0.4 is 4.74 Å². The number of carbonyl (C=O) groups is 1. The Morgan fingerprint density at radius 2 is 1.95 bits per heavy atom. The van der Waals surface area contributed by atoms with E-state index in [1.165, 1.54) is 0 Å². The number of alkyl halides is 1. The van der Waals surface area contributed by atoms with Gasteiger partial charge >= 0.3 is 0 Å². The van der Waals surface area contributed by atoms with Gasteiger partial charge in [0.25, 0.3) is 5.91 Å². The number of hydrogen-bond donors (Lipinski definition) is 0. The van der Waals surface area contributed by atoms with Crippen molar-refractivity contribution in [2.45, 2.75) is 37.1 Å². The summed E-state index contributed by atoms with van der Waals surface area (Å²) in [6, 6.07) is 7.09. The first-order chi connectivity index (χ1) is 9.58. The maximum Gasteiger partial charge on any atom is 0.260 e. The lowest BCUT2D eigenvalue weighted by Gasteiger charge is -2.34. The highest BCUT2D eigenvalue weighted by Crippen LogP contribution is 2.26. The molecule has 0 saturated heterocycles. The molecule has 1 saturated carbocycles. The predicted molar refractivity (Wildman–Crippen MR) is 81.6 cm³/mol. The highest BCUT2D eigenvalue weighted by Gasteiger charge is 2.29. The van der Waals surface area contributed by atoms with E-state index in [-0.39, 0.29) is 23.9 Å². The molecule has 2 atom stereocenters. The molecule has 1 amide bonds. The van der Waals surface area contributed by atoms with Crippen molar-refractivity contribution in [3.8, 4) is 5.75 Å². The van der Waals surface area contributed by atoms with Crippen molar-refractivity contribution >= 4 is 29.1 Å². The van der Waals surface area contributed by atoms with E-state index in [4.69, 9.17) is 27.9 Å². The van der Waals surface area contributed by atoms with Crippen molar-refractivity contribution in [3.63, 3.8) is 0 Å². The molecule has 110 valence electrons. The molecular weight excluding hydrogens is 297 g/mol. The predicted octanol–water partition coefficient (Wildman–Crippen LogP) is 3.73. The summed E-state index contributed by atoms with van der Waals surface area (Å²) in [5, 5.41) is 0.696. The van der Waals surface area contributed by atoms with Gasteiger partial charge in [-0.25, -0.2) is 0 Å². The summed E-state index contributed by atoms with van der Waals surface area (Å²) in [7, 11) is 1.80. The molecule has 2 rings (SSSR count). The van der Waals surface area contributed by atoms with Crippen LogP contribution in [0.2, 0.25) is 5.02 Å². The summed E-state index contributed by atoms with van der Waals surface area (Å²) in [6.07, 6.45) is 4.22. The summed E-state index contributed by atoms with van der Waals surface area (Å²) >= 11 is 12.1. The maximum absolute atomic E-state index is 12.1. The summed E-state index contributed by atoms with van der Waals surface area (Å²) < 4.78 is 5.48. The minimum absolute atomic E-state index is 0.0260. The van der Waals surface area contributed by atoms with E-state index in [0.717, 1.165) is 25.7 Å². The topological polar surface area (TPSA) is 29.5 Å². The van der Waals surface area contributed by atoms with Crippen LogP contribution in [0.25, 0.3) is 0 Å². The van der Waals surface area contributed by atoms with Crippen LogP contribution in [0.4, 0.5) is 0 Å². The van der Waals surface area contributed by atoms with Gasteiger partial charge in [-0.15, -0.1) is 11.6 Å². The molecule has 0 spiro atoms. The molecule has 0 heterocycles. The van der Waals surface area contributed by atoms with E-state index < -0.39 is 0 Å². The number of likely N-dealkylation sites (N-methyl/N-ethyl adjacent to an activating group) is 1. The molecule has 5 heteroatoms. The Bertz CT molecular complexity index is 450. The lowest BCUT2D eigenvalue weighted by Crippen LogP contribution is -2.46. The SMILES string of the molecule is CN(C(=O)COc1ccc(Cl)cc1)C1CCCCC1Cl. The van der Waals surface area contributed by atoms with E-state index in [9.17, 15) is 4.79 Å². The number of amides is 1. The molecule has 1 aromatic carbocycles. The fraction of sp³-hybridized carbons (Fsp3) is 0.533. The van der Waals surface area contributed by atoms with Crippen LogP contribution >= 0.6 is 23.2 Å². The monoisotopic (exact) mass is 315 g/mol. The van der Waals surface area contributed by atoms with Crippen molar-refractivity contribution in [2.24, 2.45) is 0 Å². The average molecular weight is 316 g/mol. The lowest BCUT2D eigenvalue weighted by atomic mass is 9.94. The molecule has 1 aliphatic carbocycles. The third-order valence-electron chi connectivity index (χ3n) is 3.71. The fourth-order valence-electron chi connectivity index (χ4n) is 2.46. The van der Waals surface area contributed by atoms with Gasteiger partial charge in [0.05, 0.1) is 5.38 Å². The smallest absolute Gasteiger partial charge is 0.260 e. The third-order valence-corrected chi connectivity index (χ3v) is 4.48. The van der Waals surface area contributed by atoms with Crippen LogP contribution in [0.1, 0.15) is 25.7 Å². The highest BCUT2D eigenvalue weighted by atomic mass is 35.5. The minimum atomic E-state index is -0.0440. The number of rotatable bonds is 4. The van der Waals surface area contributed by atoms with Gasteiger partial charge in [-0.1, -0.05) is 24.4 Å². The van der Waals surface area contributed by atoms with E-state index in [2.05, 4.69) is 0 Å². The zero-order valence-corrected chi connectivity index (χ0v) is 13.0. The molecule has 0 aromatic heterocycles. The number of hydrogen-bond acceptors (Lipinski definition) is 2.